The van der Waals surface area contributed by atoms with Crippen molar-refractivity contribution < 1.29 is 14.3 Å². The van der Waals surface area contributed by atoms with Gasteiger partial charge in [0.15, 0.2) is 11.5 Å². The third-order valence-corrected chi connectivity index (χ3v) is 4.20. The van der Waals surface area contributed by atoms with E-state index in [0.29, 0.717) is 40.3 Å². The lowest BCUT2D eigenvalue weighted by molar-refractivity contribution is 0.102. The van der Waals surface area contributed by atoms with Gasteiger partial charge in [-0.15, -0.1) is 11.8 Å². The van der Waals surface area contributed by atoms with E-state index < -0.39 is 0 Å². The Morgan fingerprint density at radius 2 is 2.12 bits per heavy atom. The van der Waals surface area contributed by atoms with Gasteiger partial charge in [0.05, 0.1) is 35.6 Å². The number of carbonyl (C=O) groups is 1. The van der Waals surface area contributed by atoms with Crippen LogP contribution in [0.15, 0.2) is 35.5 Å². The van der Waals surface area contributed by atoms with E-state index in [-0.39, 0.29) is 5.91 Å². The van der Waals surface area contributed by atoms with E-state index in [0.717, 1.165) is 5.03 Å². The standard InChI is InChI=1S/C18H21ClN2O3S/c1-11(2)10-24-17-14(19)7-12(8-15(17)23-3)18(22)21-13-5-6-16(25-4)20-9-13/h5-9,11H,10H2,1-4H3,(H,21,22). The van der Waals surface area contributed by atoms with Crippen LogP contribution in [-0.2, 0) is 0 Å². The van der Waals surface area contributed by atoms with Crippen LogP contribution in [0.4, 0.5) is 5.69 Å². The molecule has 0 aliphatic carbocycles. The molecule has 0 aliphatic rings. The van der Waals surface area contributed by atoms with E-state index in [1.165, 1.54) is 18.9 Å². The first kappa shape index (κ1) is 19.4. The number of methoxy groups -OCH3 is 1. The number of aromatic nitrogens is 1. The minimum Gasteiger partial charge on any atom is -0.493 e. The van der Waals surface area contributed by atoms with E-state index in [2.05, 4.69) is 10.3 Å². The molecule has 1 heterocycles. The molecule has 1 aromatic heterocycles. The number of amides is 1. The number of benzene rings is 1. The van der Waals surface area contributed by atoms with Gasteiger partial charge in [-0.2, -0.15) is 0 Å². The maximum atomic E-state index is 12.5. The van der Waals surface area contributed by atoms with Gasteiger partial charge in [0.25, 0.3) is 5.91 Å². The first-order valence-corrected chi connectivity index (χ1v) is 9.36. The monoisotopic (exact) mass is 380 g/mol. The van der Waals surface area contributed by atoms with Crippen LogP contribution in [-0.4, -0.2) is 30.9 Å². The second-order valence-corrected chi connectivity index (χ2v) is 6.97. The molecule has 0 radical (unpaired) electrons. The van der Waals surface area contributed by atoms with E-state index in [9.17, 15) is 4.79 Å². The SMILES string of the molecule is COc1cc(C(=O)Nc2ccc(SC)nc2)cc(Cl)c1OCC(C)C. The van der Waals surface area contributed by atoms with E-state index in [1.807, 2.05) is 26.2 Å². The van der Waals surface area contributed by atoms with Crippen molar-refractivity contribution >= 4 is 35.0 Å². The van der Waals surface area contributed by atoms with Gasteiger partial charge in [-0.25, -0.2) is 4.98 Å². The molecular formula is C18H21ClN2O3S. The van der Waals surface area contributed by atoms with Crippen molar-refractivity contribution in [1.29, 1.82) is 0 Å². The molecule has 134 valence electrons. The zero-order valence-corrected chi connectivity index (χ0v) is 16.2. The number of pyridine rings is 1. The highest BCUT2D eigenvalue weighted by molar-refractivity contribution is 7.98. The fourth-order valence-corrected chi connectivity index (χ4v) is 2.65. The molecule has 2 aromatic rings. The van der Waals surface area contributed by atoms with Crippen LogP contribution in [0.1, 0.15) is 24.2 Å². The molecule has 0 bridgehead atoms. The quantitative estimate of drug-likeness (QED) is 0.702. The molecule has 0 atom stereocenters. The Kier molecular flexibility index (Phi) is 6.96. The van der Waals surface area contributed by atoms with Gasteiger partial charge in [0.2, 0.25) is 0 Å². The molecule has 0 fully saturated rings. The molecule has 25 heavy (non-hydrogen) atoms. The average Bonchev–Trinajstić information content (AvgIpc) is 2.60. The van der Waals surface area contributed by atoms with Crippen LogP contribution in [0, 0.1) is 5.92 Å². The van der Waals surface area contributed by atoms with Crippen molar-refractivity contribution in [3.8, 4) is 11.5 Å². The summed E-state index contributed by atoms with van der Waals surface area (Å²) in [4.78, 5) is 16.7. The van der Waals surface area contributed by atoms with Gasteiger partial charge in [-0.05, 0) is 36.4 Å². The second kappa shape index (κ2) is 8.97. The summed E-state index contributed by atoms with van der Waals surface area (Å²) < 4.78 is 11.0. The van der Waals surface area contributed by atoms with E-state index in [4.69, 9.17) is 21.1 Å². The molecular weight excluding hydrogens is 360 g/mol. The van der Waals surface area contributed by atoms with Crippen molar-refractivity contribution in [2.75, 3.05) is 25.3 Å². The lowest BCUT2D eigenvalue weighted by atomic mass is 10.1. The topological polar surface area (TPSA) is 60.5 Å². The number of rotatable bonds is 7. The summed E-state index contributed by atoms with van der Waals surface area (Å²) in [5.74, 6) is 0.921. The third-order valence-electron chi connectivity index (χ3n) is 3.26. The highest BCUT2D eigenvalue weighted by Gasteiger charge is 2.16. The predicted molar refractivity (Wildman–Crippen MR) is 102 cm³/mol. The first-order chi connectivity index (χ1) is 11.9. The molecule has 1 amide bonds. The second-order valence-electron chi connectivity index (χ2n) is 5.74. The summed E-state index contributed by atoms with van der Waals surface area (Å²) in [5, 5.41) is 4.01. The number of hydrogen-bond donors (Lipinski definition) is 1. The van der Waals surface area contributed by atoms with Crippen molar-refractivity contribution in [1.82, 2.24) is 4.98 Å². The molecule has 0 spiro atoms. The van der Waals surface area contributed by atoms with Gasteiger partial charge in [-0.1, -0.05) is 25.4 Å². The third kappa shape index (κ3) is 5.28. The van der Waals surface area contributed by atoms with Crippen LogP contribution < -0.4 is 14.8 Å². The number of carbonyl (C=O) groups excluding carboxylic acids is 1. The summed E-state index contributed by atoms with van der Waals surface area (Å²) in [7, 11) is 1.51. The van der Waals surface area contributed by atoms with Gasteiger partial charge in [-0.3, -0.25) is 4.79 Å². The lowest BCUT2D eigenvalue weighted by Crippen LogP contribution is -2.13. The maximum Gasteiger partial charge on any atom is 0.255 e. The van der Waals surface area contributed by atoms with Crippen LogP contribution >= 0.6 is 23.4 Å². The maximum absolute atomic E-state index is 12.5. The van der Waals surface area contributed by atoms with Crippen LogP contribution in [0.2, 0.25) is 5.02 Å². The van der Waals surface area contributed by atoms with Crippen molar-refractivity contribution in [2.24, 2.45) is 5.92 Å². The highest BCUT2D eigenvalue weighted by atomic mass is 35.5. The molecule has 1 aromatic carbocycles. The molecule has 0 saturated carbocycles. The van der Waals surface area contributed by atoms with Crippen LogP contribution in [0.3, 0.4) is 0 Å². The Morgan fingerprint density at radius 3 is 2.68 bits per heavy atom. The summed E-state index contributed by atoms with van der Waals surface area (Å²) in [6.45, 7) is 4.59. The molecule has 0 saturated heterocycles. The molecule has 5 nitrogen and oxygen atoms in total. The number of anilines is 1. The van der Waals surface area contributed by atoms with Gasteiger partial charge in [0.1, 0.15) is 0 Å². The van der Waals surface area contributed by atoms with Crippen molar-refractivity contribution in [2.45, 2.75) is 18.9 Å². The smallest absolute Gasteiger partial charge is 0.255 e. The summed E-state index contributed by atoms with van der Waals surface area (Å²) in [6.07, 6.45) is 3.56. The lowest BCUT2D eigenvalue weighted by Gasteiger charge is -2.15. The number of hydrogen-bond acceptors (Lipinski definition) is 5. The zero-order chi connectivity index (χ0) is 18.4. The Hall–Kier alpha value is -1.92. The number of thioether (sulfide) groups is 1. The Labute approximate surface area is 157 Å². The largest absolute Gasteiger partial charge is 0.493 e. The first-order valence-electron chi connectivity index (χ1n) is 7.76. The fraction of sp³-hybridized carbons (Fsp3) is 0.333. The molecule has 1 N–H and O–H groups in total. The molecule has 7 heteroatoms. The Balaban J connectivity index is 2.19. The highest BCUT2D eigenvalue weighted by Crippen LogP contribution is 2.37. The Morgan fingerprint density at radius 1 is 1.36 bits per heavy atom. The fourth-order valence-electron chi connectivity index (χ4n) is 2.02. The normalized spacial score (nSPS) is 10.6. The van der Waals surface area contributed by atoms with Gasteiger partial charge >= 0.3 is 0 Å². The summed E-state index contributed by atoms with van der Waals surface area (Å²) in [5.41, 5.74) is 0.991. The summed E-state index contributed by atoms with van der Waals surface area (Å²) in [6, 6.07) is 6.83. The minimum absolute atomic E-state index is 0.297. The zero-order valence-electron chi connectivity index (χ0n) is 14.6. The number of nitrogens with zero attached hydrogens (tertiary/aromatic N) is 1. The van der Waals surface area contributed by atoms with Crippen LogP contribution in [0.5, 0.6) is 11.5 Å². The number of nitrogens with one attached hydrogen (secondary N) is 1. The van der Waals surface area contributed by atoms with E-state index in [1.54, 1.807) is 24.4 Å². The minimum atomic E-state index is -0.297. The Bertz CT molecular complexity index is 736. The predicted octanol–water partition coefficient (Wildman–Crippen LogP) is 4.75. The molecule has 0 unspecified atom stereocenters. The average molecular weight is 381 g/mol. The van der Waals surface area contributed by atoms with Gasteiger partial charge < -0.3 is 14.8 Å². The van der Waals surface area contributed by atoms with Crippen LogP contribution in [0.25, 0.3) is 0 Å². The summed E-state index contributed by atoms with van der Waals surface area (Å²) >= 11 is 7.82. The van der Waals surface area contributed by atoms with Crippen molar-refractivity contribution in [3.63, 3.8) is 0 Å². The molecule has 2 rings (SSSR count). The molecule has 0 aliphatic heterocycles. The number of halogens is 1. The van der Waals surface area contributed by atoms with Gasteiger partial charge in [0, 0.05) is 5.56 Å². The number of ether oxygens (including phenoxy) is 2. The van der Waals surface area contributed by atoms with E-state index >= 15 is 0 Å². The van der Waals surface area contributed by atoms with Crippen molar-refractivity contribution in [3.05, 3.63) is 41.0 Å².